The van der Waals surface area contributed by atoms with Crippen molar-refractivity contribution in [2.45, 2.75) is 45.7 Å². The number of benzene rings is 1. The van der Waals surface area contributed by atoms with Crippen LogP contribution in [0, 0.1) is 17.8 Å². The second kappa shape index (κ2) is 5.49. The van der Waals surface area contributed by atoms with Crippen LogP contribution in [0.4, 0.5) is 0 Å². The number of rotatable bonds is 5. The molecule has 2 bridgehead atoms. The molecule has 1 N–H and O–H groups in total. The van der Waals surface area contributed by atoms with Crippen molar-refractivity contribution in [2.24, 2.45) is 17.8 Å². The van der Waals surface area contributed by atoms with E-state index in [9.17, 15) is 0 Å². The van der Waals surface area contributed by atoms with Crippen molar-refractivity contribution in [3.8, 4) is 0 Å². The van der Waals surface area contributed by atoms with Gasteiger partial charge in [0, 0.05) is 24.3 Å². The SMILES string of the molecule is CCNCc1cc2ccccc2n1CC1CC2CCC1C2. The Morgan fingerprint density at radius 1 is 1.19 bits per heavy atom. The molecule has 0 amide bonds. The maximum atomic E-state index is 3.50. The van der Waals surface area contributed by atoms with E-state index in [1.54, 1.807) is 0 Å². The molecule has 0 spiro atoms. The Morgan fingerprint density at radius 3 is 2.86 bits per heavy atom. The first-order valence-corrected chi connectivity index (χ1v) is 8.63. The predicted molar refractivity (Wildman–Crippen MR) is 88.3 cm³/mol. The van der Waals surface area contributed by atoms with E-state index in [0.717, 1.165) is 30.8 Å². The molecule has 2 nitrogen and oxygen atoms in total. The molecule has 0 saturated heterocycles. The monoisotopic (exact) mass is 282 g/mol. The number of fused-ring (bicyclic) bond motifs is 3. The number of para-hydroxylation sites is 1. The van der Waals surface area contributed by atoms with Gasteiger partial charge in [-0.1, -0.05) is 31.5 Å². The normalized spacial score (nSPS) is 27.8. The summed E-state index contributed by atoms with van der Waals surface area (Å²) >= 11 is 0. The smallest absolute Gasteiger partial charge is 0.0483 e. The van der Waals surface area contributed by atoms with E-state index in [4.69, 9.17) is 0 Å². The highest BCUT2D eigenvalue weighted by molar-refractivity contribution is 5.81. The fraction of sp³-hybridized carbons (Fsp3) is 0.579. The highest BCUT2D eigenvalue weighted by atomic mass is 15.0. The van der Waals surface area contributed by atoms with Gasteiger partial charge in [0.15, 0.2) is 0 Å². The van der Waals surface area contributed by atoms with E-state index in [0.29, 0.717) is 0 Å². The van der Waals surface area contributed by atoms with Crippen molar-refractivity contribution in [3.05, 3.63) is 36.0 Å². The Morgan fingerprint density at radius 2 is 2.10 bits per heavy atom. The summed E-state index contributed by atoms with van der Waals surface area (Å²) in [4.78, 5) is 0. The number of hydrogen-bond donors (Lipinski definition) is 1. The molecule has 0 radical (unpaired) electrons. The largest absolute Gasteiger partial charge is 0.343 e. The third-order valence-electron chi connectivity index (χ3n) is 5.75. The van der Waals surface area contributed by atoms with Crippen molar-refractivity contribution in [1.82, 2.24) is 9.88 Å². The third kappa shape index (κ3) is 2.40. The molecule has 1 heterocycles. The second-order valence-corrected chi connectivity index (χ2v) is 7.02. The molecule has 1 aromatic heterocycles. The van der Waals surface area contributed by atoms with Crippen LogP contribution in [0.2, 0.25) is 0 Å². The maximum Gasteiger partial charge on any atom is 0.0483 e. The second-order valence-electron chi connectivity index (χ2n) is 7.02. The molecule has 4 rings (SSSR count). The van der Waals surface area contributed by atoms with Gasteiger partial charge in [0.25, 0.3) is 0 Å². The van der Waals surface area contributed by atoms with E-state index in [2.05, 4.69) is 47.1 Å². The fourth-order valence-electron chi connectivity index (χ4n) is 4.72. The van der Waals surface area contributed by atoms with Crippen LogP contribution >= 0.6 is 0 Å². The first kappa shape index (κ1) is 13.4. The molecule has 112 valence electrons. The zero-order valence-corrected chi connectivity index (χ0v) is 13.0. The number of aromatic nitrogens is 1. The van der Waals surface area contributed by atoms with E-state index in [-0.39, 0.29) is 0 Å². The minimum Gasteiger partial charge on any atom is -0.343 e. The highest BCUT2D eigenvalue weighted by Crippen LogP contribution is 2.49. The first-order valence-electron chi connectivity index (χ1n) is 8.63. The van der Waals surface area contributed by atoms with Crippen molar-refractivity contribution >= 4 is 10.9 Å². The Bertz CT molecular complexity index is 628. The van der Waals surface area contributed by atoms with Crippen molar-refractivity contribution in [3.63, 3.8) is 0 Å². The minimum atomic E-state index is 0.917. The Kier molecular flexibility index (Phi) is 3.50. The van der Waals surface area contributed by atoms with Crippen LogP contribution in [-0.4, -0.2) is 11.1 Å². The molecular formula is C19H26N2. The van der Waals surface area contributed by atoms with Crippen LogP contribution in [0.3, 0.4) is 0 Å². The summed E-state index contributed by atoms with van der Waals surface area (Å²) < 4.78 is 2.60. The van der Waals surface area contributed by atoms with Gasteiger partial charge in [-0.25, -0.2) is 0 Å². The standard InChI is InChI=1S/C19H26N2/c1-2-20-12-18-11-16-5-3-4-6-19(16)21(18)13-17-10-14-7-8-15(17)9-14/h3-6,11,14-15,17,20H,2,7-10,12-13H2,1H3. The molecule has 2 fully saturated rings. The van der Waals surface area contributed by atoms with Gasteiger partial charge in [-0.3, -0.25) is 0 Å². The third-order valence-corrected chi connectivity index (χ3v) is 5.75. The maximum absolute atomic E-state index is 3.50. The molecule has 2 aliphatic rings. The van der Waals surface area contributed by atoms with Crippen molar-refractivity contribution in [2.75, 3.05) is 6.54 Å². The van der Waals surface area contributed by atoms with Crippen molar-refractivity contribution in [1.29, 1.82) is 0 Å². The van der Waals surface area contributed by atoms with E-state index in [1.165, 1.54) is 48.8 Å². The van der Waals surface area contributed by atoms with Crippen LogP contribution < -0.4 is 5.32 Å². The zero-order valence-electron chi connectivity index (χ0n) is 13.0. The molecule has 2 aliphatic carbocycles. The summed E-state index contributed by atoms with van der Waals surface area (Å²) in [6.07, 6.45) is 5.96. The van der Waals surface area contributed by atoms with Crippen LogP contribution in [-0.2, 0) is 13.1 Å². The highest BCUT2D eigenvalue weighted by Gasteiger charge is 2.39. The lowest BCUT2D eigenvalue weighted by atomic mass is 9.88. The van der Waals surface area contributed by atoms with Gasteiger partial charge in [-0.05, 0) is 61.1 Å². The van der Waals surface area contributed by atoms with Crippen LogP contribution in [0.25, 0.3) is 10.9 Å². The number of hydrogen-bond acceptors (Lipinski definition) is 1. The topological polar surface area (TPSA) is 17.0 Å². The lowest BCUT2D eigenvalue weighted by Crippen LogP contribution is -2.21. The van der Waals surface area contributed by atoms with Gasteiger partial charge >= 0.3 is 0 Å². The van der Waals surface area contributed by atoms with Gasteiger partial charge in [0.2, 0.25) is 0 Å². The molecule has 2 heteroatoms. The summed E-state index contributed by atoms with van der Waals surface area (Å²) in [5.41, 5.74) is 2.88. The van der Waals surface area contributed by atoms with Gasteiger partial charge in [-0.15, -0.1) is 0 Å². The Labute approximate surface area is 127 Å². The van der Waals surface area contributed by atoms with Gasteiger partial charge in [0.05, 0.1) is 0 Å². The van der Waals surface area contributed by atoms with Crippen LogP contribution in [0.5, 0.6) is 0 Å². The number of nitrogens with zero attached hydrogens (tertiary/aromatic N) is 1. The van der Waals surface area contributed by atoms with E-state index >= 15 is 0 Å². The van der Waals surface area contributed by atoms with Crippen LogP contribution in [0.1, 0.15) is 38.3 Å². The van der Waals surface area contributed by atoms with Gasteiger partial charge in [0.1, 0.15) is 0 Å². The average Bonchev–Trinajstić information content (AvgIpc) is 3.20. The predicted octanol–water partition coefficient (Wildman–Crippen LogP) is 4.19. The molecule has 2 saturated carbocycles. The quantitative estimate of drug-likeness (QED) is 0.870. The zero-order chi connectivity index (χ0) is 14.2. The van der Waals surface area contributed by atoms with E-state index < -0.39 is 0 Å². The summed E-state index contributed by atoms with van der Waals surface area (Å²) in [6, 6.07) is 11.3. The first-order chi connectivity index (χ1) is 10.3. The molecule has 2 aromatic rings. The lowest BCUT2D eigenvalue weighted by molar-refractivity contribution is 0.296. The van der Waals surface area contributed by atoms with Gasteiger partial charge < -0.3 is 9.88 Å². The Balaban J connectivity index is 1.65. The average molecular weight is 282 g/mol. The molecule has 3 unspecified atom stereocenters. The molecular weight excluding hydrogens is 256 g/mol. The molecule has 0 aliphatic heterocycles. The Hall–Kier alpha value is -1.28. The van der Waals surface area contributed by atoms with E-state index in [1.807, 2.05) is 0 Å². The van der Waals surface area contributed by atoms with Crippen LogP contribution in [0.15, 0.2) is 30.3 Å². The molecule has 3 atom stereocenters. The summed E-state index contributed by atoms with van der Waals surface area (Å²) in [7, 11) is 0. The van der Waals surface area contributed by atoms with Crippen molar-refractivity contribution < 1.29 is 0 Å². The lowest BCUT2D eigenvalue weighted by Gasteiger charge is -2.24. The molecule has 1 aromatic carbocycles. The fourth-order valence-corrected chi connectivity index (χ4v) is 4.72. The summed E-state index contributed by atoms with van der Waals surface area (Å²) in [5.74, 6) is 2.96. The summed E-state index contributed by atoms with van der Waals surface area (Å²) in [6.45, 7) is 5.44. The number of nitrogens with one attached hydrogen (secondary N) is 1. The summed E-state index contributed by atoms with van der Waals surface area (Å²) in [5, 5.41) is 4.90. The minimum absolute atomic E-state index is 0.917. The molecule has 21 heavy (non-hydrogen) atoms. The van der Waals surface area contributed by atoms with Gasteiger partial charge in [-0.2, -0.15) is 0 Å².